The average molecular weight is 557 g/mol. The fourth-order valence-corrected chi connectivity index (χ4v) is 7.37. The van der Waals surface area contributed by atoms with Gasteiger partial charge in [0.25, 0.3) is 0 Å². The Morgan fingerprint density at radius 2 is 0.545 bits per heavy atom. The molecule has 0 aromatic heterocycles. The van der Waals surface area contributed by atoms with Gasteiger partial charge in [0.15, 0.2) is 0 Å². The van der Waals surface area contributed by atoms with Crippen LogP contribution in [0.2, 0.25) is 0 Å². The maximum atomic E-state index is 2.35. The molecular formula is C44H28. The van der Waals surface area contributed by atoms with Gasteiger partial charge in [-0.25, -0.2) is 0 Å². The van der Waals surface area contributed by atoms with Crippen molar-refractivity contribution in [3.8, 4) is 33.4 Å². The lowest BCUT2D eigenvalue weighted by Gasteiger charge is -2.22. The monoisotopic (exact) mass is 556 g/mol. The SMILES string of the molecule is c1ccc(-c2c3ccccc3c(-c3c4ccccc4c(-c4ccc5ccccc5c4)c4ccccc34)c3ccccc23)cc1. The zero-order chi connectivity index (χ0) is 29.0. The molecule has 0 bridgehead atoms. The van der Waals surface area contributed by atoms with E-state index in [0.717, 1.165) is 0 Å². The highest BCUT2D eigenvalue weighted by Crippen LogP contribution is 2.50. The molecule has 0 nitrogen and oxygen atoms in total. The van der Waals surface area contributed by atoms with Crippen LogP contribution in [0.5, 0.6) is 0 Å². The summed E-state index contributed by atoms with van der Waals surface area (Å²) in [7, 11) is 0. The Morgan fingerprint density at radius 1 is 0.205 bits per heavy atom. The summed E-state index contributed by atoms with van der Waals surface area (Å²) < 4.78 is 0. The molecule has 0 aliphatic heterocycles. The highest BCUT2D eigenvalue weighted by molar-refractivity contribution is 6.30. The Hall–Kier alpha value is -5.72. The second-order valence-corrected chi connectivity index (χ2v) is 11.6. The van der Waals surface area contributed by atoms with Gasteiger partial charge in [-0.3, -0.25) is 0 Å². The molecule has 0 aliphatic carbocycles. The van der Waals surface area contributed by atoms with Gasteiger partial charge < -0.3 is 0 Å². The third-order valence-electron chi connectivity index (χ3n) is 9.21. The van der Waals surface area contributed by atoms with Gasteiger partial charge in [0.1, 0.15) is 0 Å². The molecule has 0 amide bonds. The van der Waals surface area contributed by atoms with Crippen molar-refractivity contribution in [1.29, 1.82) is 0 Å². The van der Waals surface area contributed by atoms with Gasteiger partial charge in [-0.15, -0.1) is 0 Å². The van der Waals surface area contributed by atoms with E-state index in [9.17, 15) is 0 Å². The van der Waals surface area contributed by atoms with E-state index in [4.69, 9.17) is 0 Å². The maximum Gasteiger partial charge on any atom is -0.00139 e. The predicted molar refractivity (Wildman–Crippen MR) is 190 cm³/mol. The first-order valence-electron chi connectivity index (χ1n) is 15.3. The summed E-state index contributed by atoms with van der Waals surface area (Å²) in [6.07, 6.45) is 0. The molecule has 0 unspecified atom stereocenters. The van der Waals surface area contributed by atoms with Crippen molar-refractivity contribution in [2.24, 2.45) is 0 Å². The molecule has 0 N–H and O–H groups in total. The molecule has 0 saturated heterocycles. The minimum absolute atomic E-state index is 1.24. The lowest BCUT2D eigenvalue weighted by molar-refractivity contribution is 1.66. The molecule has 9 rings (SSSR count). The van der Waals surface area contributed by atoms with Crippen LogP contribution in [0.4, 0.5) is 0 Å². The van der Waals surface area contributed by atoms with E-state index in [1.165, 1.54) is 87.2 Å². The number of hydrogen-bond donors (Lipinski definition) is 0. The number of hydrogen-bond acceptors (Lipinski definition) is 0. The van der Waals surface area contributed by atoms with Crippen molar-refractivity contribution in [2.45, 2.75) is 0 Å². The highest BCUT2D eigenvalue weighted by Gasteiger charge is 2.22. The molecule has 0 fully saturated rings. The van der Waals surface area contributed by atoms with Crippen LogP contribution in [-0.4, -0.2) is 0 Å². The first-order chi connectivity index (χ1) is 21.9. The van der Waals surface area contributed by atoms with E-state index < -0.39 is 0 Å². The van der Waals surface area contributed by atoms with E-state index >= 15 is 0 Å². The molecule has 0 aliphatic rings. The summed E-state index contributed by atoms with van der Waals surface area (Å²) in [5, 5.41) is 12.7. The summed E-state index contributed by atoms with van der Waals surface area (Å²) in [6.45, 7) is 0. The first kappa shape index (κ1) is 24.8. The van der Waals surface area contributed by atoms with Crippen LogP contribution < -0.4 is 0 Å². The van der Waals surface area contributed by atoms with Crippen molar-refractivity contribution in [3.05, 3.63) is 170 Å². The van der Waals surface area contributed by atoms with E-state index in [-0.39, 0.29) is 0 Å². The highest BCUT2D eigenvalue weighted by atomic mass is 14.2. The number of fused-ring (bicyclic) bond motifs is 5. The van der Waals surface area contributed by atoms with Crippen LogP contribution in [0.15, 0.2) is 170 Å². The summed E-state index contributed by atoms with van der Waals surface area (Å²) in [5.74, 6) is 0. The largest absolute Gasteiger partial charge is 0.0622 e. The molecule has 0 atom stereocenters. The van der Waals surface area contributed by atoms with E-state index in [1.54, 1.807) is 0 Å². The Kier molecular flexibility index (Phi) is 5.61. The second-order valence-electron chi connectivity index (χ2n) is 11.6. The molecule has 9 aromatic carbocycles. The molecule has 0 spiro atoms. The van der Waals surface area contributed by atoms with Gasteiger partial charge in [0.2, 0.25) is 0 Å². The van der Waals surface area contributed by atoms with Gasteiger partial charge in [-0.05, 0) is 93.3 Å². The Balaban J connectivity index is 1.47. The van der Waals surface area contributed by atoms with Crippen LogP contribution in [-0.2, 0) is 0 Å². The van der Waals surface area contributed by atoms with Crippen molar-refractivity contribution >= 4 is 53.9 Å². The van der Waals surface area contributed by atoms with Gasteiger partial charge >= 0.3 is 0 Å². The van der Waals surface area contributed by atoms with E-state index in [2.05, 4.69) is 170 Å². The molecule has 0 saturated carbocycles. The van der Waals surface area contributed by atoms with Crippen molar-refractivity contribution in [2.75, 3.05) is 0 Å². The summed E-state index contributed by atoms with van der Waals surface area (Å²) in [4.78, 5) is 0. The molecule has 9 aromatic rings. The molecule has 0 heteroatoms. The Bertz CT molecular complexity index is 2420. The van der Waals surface area contributed by atoms with Crippen molar-refractivity contribution in [3.63, 3.8) is 0 Å². The third-order valence-corrected chi connectivity index (χ3v) is 9.21. The number of benzene rings is 9. The zero-order valence-electron chi connectivity index (χ0n) is 24.2. The standard InChI is InChI=1S/C44H28/c1-2-15-30(16-3-1)41-33-18-6-10-22-37(33)43(38-23-11-7-19-34(38)41)44-39-24-12-8-20-35(39)42(36-21-9-13-25-40(36)44)32-27-26-29-14-4-5-17-31(29)28-32/h1-28H. The molecule has 0 radical (unpaired) electrons. The van der Waals surface area contributed by atoms with Crippen LogP contribution in [0, 0.1) is 0 Å². The van der Waals surface area contributed by atoms with Gasteiger partial charge in [-0.2, -0.15) is 0 Å². The van der Waals surface area contributed by atoms with Crippen LogP contribution in [0.25, 0.3) is 87.2 Å². The quantitative estimate of drug-likeness (QED) is 0.190. The molecule has 0 heterocycles. The van der Waals surface area contributed by atoms with Crippen LogP contribution in [0.1, 0.15) is 0 Å². The average Bonchev–Trinajstić information content (AvgIpc) is 3.10. The van der Waals surface area contributed by atoms with Gasteiger partial charge in [-0.1, -0.05) is 164 Å². The zero-order valence-corrected chi connectivity index (χ0v) is 24.2. The Morgan fingerprint density at radius 3 is 1.00 bits per heavy atom. The van der Waals surface area contributed by atoms with E-state index in [0.29, 0.717) is 0 Å². The van der Waals surface area contributed by atoms with Crippen molar-refractivity contribution < 1.29 is 0 Å². The normalized spacial score (nSPS) is 11.6. The van der Waals surface area contributed by atoms with Crippen LogP contribution in [0.3, 0.4) is 0 Å². The molecular weight excluding hydrogens is 528 g/mol. The second kappa shape index (κ2) is 9.93. The van der Waals surface area contributed by atoms with Crippen LogP contribution >= 0.6 is 0 Å². The van der Waals surface area contributed by atoms with Gasteiger partial charge in [0.05, 0.1) is 0 Å². The van der Waals surface area contributed by atoms with Crippen molar-refractivity contribution in [1.82, 2.24) is 0 Å². The fourth-order valence-electron chi connectivity index (χ4n) is 7.37. The first-order valence-corrected chi connectivity index (χ1v) is 15.3. The third kappa shape index (κ3) is 3.71. The summed E-state index contributed by atoms with van der Waals surface area (Å²) >= 11 is 0. The lowest BCUT2D eigenvalue weighted by Crippen LogP contribution is -1.94. The maximum absolute atomic E-state index is 2.35. The lowest BCUT2D eigenvalue weighted by atomic mass is 9.81. The summed E-state index contributed by atoms with van der Waals surface area (Å²) in [6, 6.07) is 62.3. The molecule has 44 heavy (non-hydrogen) atoms. The molecule has 204 valence electrons. The van der Waals surface area contributed by atoms with Gasteiger partial charge in [0, 0.05) is 0 Å². The minimum atomic E-state index is 1.24. The smallest absolute Gasteiger partial charge is 0.00139 e. The summed E-state index contributed by atoms with van der Waals surface area (Å²) in [5.41, 5.74) is 7.67. The fraction of sp³-hybridized carbons (Fsp3) is 0. The minimum Gasteiger partial charge on any atom is -0.0622 e. The number of rotatable bonds is 3. The topological polar surface area (TPSA) is 0 Å². The Labute approximate surface area is 256 Å². The predicted octanol–water partition coefficient (Wildman–Crippen LogP) is 12.5. The van der Waals surface area contributed by atoms with E-state index in [1.807, 2.05) is 0 Å².